The molecule has 0 spiro atoms. The van der Waals surface area contributed by atoms with Crippen LogP contribution in [0.15, 0.2) is 18.7 Å². The molecule has 0 fully saturated rings. The Balaban J connectivity index is 2.16. The SMILES string of the molecule is COC(=O)c1nc(-n2ccnc2)nc2c1CCC2. The highest BCUT2D eigenvalue weighted by Crippen LogP contribution is 2.24. The Morgan fingerprint density at radius 1 is 1.39 bits per heavy atom. The number of hydrogen-bond donors (Lipinski definition) is 0. The van der Waals surface area contributed by atoms with Crippen molar-refractivity contribution in [1.29, 1.82) is 0 Å². The van der Waals surface area contributed by atoms with Gasteiger partial charge in [0.15, 0.2) is 5.69 Å². The van der Waals surface area contributed by atoms with Crippen molar-refractivity contribution < 1.29 is 9.53 Å². The van der Waals surface area contributed by atoms with Crippen LogP contribution in [0.5, 0.6) is 0 Å². The van der Waals surface area contributed by atoms with Crippen LogP contribution in [-0.2, 0) is 17.6 Å². The van der Waals surface area contributed by atoms with Gasteiger partial charge >= 0.3 is 5.97 Å². The lowest BCUT2D eigenvalue weighted by atomic mass is 10.2. The lowest BCUT2D eigenvalue weighted by Crippen LogP contribution is -2.13. The third-order valence-corrected chi connectivity index (χ3v) is 3.04. The Bertz CT molecular complexity index is 592. The topological polar surface area (TPSA) is 69.9 Å². The molecule has 18 heavy (non-hydrogen) atoms. The Hall–Kier alpha value is -2.24. The van der Waals surface area contributed by atoms with Crippen LogP contribution in [0.25, 0.3) is 5.95 Å². The molecule has 6 heteroatoms. The number of carbonyl (C=O) groups is 1. The summed E-state index contributed by atoms with van der Waals surface area (Å²) in [7, 11) is 1.36. The highest BCUT2D eigenvalue weighted by Gasteiger charge is 2.24. The molecule has 2 aromatic rings. The largest absolute Gasteiger partial charge is 0.464 e. The molecular formula is C12H12N4O2. The van der Waals surface area contributed by atoms with Gasteiger partial charge in [-0.05, 0) is 19.3 Å². The average molecular weight is 244 g/mol. The number of aromatic nitrogens is 4. The van der Waals surface area contributed by atoms with Gasteiger partial charge in [-0.2, -0.15) is 0 Å². The van der Waals surface area contributed by atoms with Crippen molar-refractivity contribution in [3.63, 3.8) is 0 Å². The van der Waals surface area contributed by atoms with Gasteiger partial charge in [0.25, 0.3) is 0 Å². The number of imidazole rings is 1. The fraction of sp³-hybridized carbons (Fsp3) is 0.333. The van der Waals surface area contributed by atoms with Crippen molar-refractivity contribution in [1.82, 2.24) is 19.5 Å². The van der Waals surface area contributed by atoms with Crippen molar-refractivity contribution in [3.05, 3.63) is 35.7 Å². The third-order valence-electron chi connectivity index (χ3n) is 3.04. The van der Waals surface area contributed by atoms with Gasteiger partial charge in [-0.1, -0.05) is 0 Å². The van der Waals surface area contributed by atoms with Crippen LogP contribution in [0, 0.1) is 0 Å². The molecule has 1 aliphatic rings. The minimum atomic E-state index is -0.406. The van der Waals surface area contributed by atoms with E-state index in [1.54, 1.807) is 23.3 Å². The van der Waals surface area contributed by atoms with Gasteiger partial charge in [0, 0.05) is 18.0 Å². The van der Waals surface area contributed by atoms with Crippen molar-refractivity contribution in [2.45, 2.75) is 19.3 Å². The molecule has 92 valence electrons. The normalized spacial score (nSPS) is 13.4. The number of carbonyl (C=O) groups excluding carboxylic acids is 1. The van der Waals surface area contributed by atoms with E-state index < -0.39 is 5.97 Å². The standard InChI is InChI=1S/C12H12N4O2/c1-18-11(17)10-8-3-2-4-9(8)14-12(15-10)16-6-5-13-7-16/h5-7H,2-4H2,1H3. The molecule has 3 rings (SSSR count). The predicted molar refractivity (Wildman–Crippen MR) is 62.5 cm³/mol. The summed E-state index contributed by atoms with van der Waals surface area (Å²) in [6.07, 6.45) is 7.72. The zero-order valence-corrected chi connectivity index (χ0v) is 9.96. The van der Waals surface area contributed by atoms with Gasteiger partial charge in [-0.3, -0.25) is 4.57 Å². The molecule has 2 heterocycles. The van der Waals surface area contributed by atoms with Crippen LogP contribution in [0.2, 0.25) is 0 Å². The first kappa shape index (κ1) is 10.9. The Labute approximate surface area is 104 Å². The van der Waals surface area contributed by atoms with Crippen LogP contribution in [0.1, 0.15) is 28.2 Å². The summed E-state index contributed by atoms with van der Waals surface area (Å²) in [6.45, 7) is 0. The number of methoxy groups -OCH3 is 1. The van der Waals surface area contributed by atoms with E-state index in [1.165, 1.54) is 7.11 Å². The minimum Gasteiger partial charge on any atom is -0.464 e. The van der Waals surface area contributed by atoms with E-state index in [0.717, 1.165) is 30.5 Å². The van der Waals surface area contributed by atoms with E-state index in [-0.39, 0.29) is 0 Å². The molecule has 0 atom stereocenters. The summed E-state index contributed by atoms with van der Waals surface area (Å²) in [4.78, 5) is 24.5. The molecule has 0 radical (unpaired) electrons. The van der Waals surface area contributed by atoms with Crippen LogP contribution >= 0.6 is 0 Å². The highest BCUT2D eigenvalue weighted by molar-refractivity contribution is 5.89. The first-order valence-corrected chi connectivity index (χ1v) is 5.76. The molecule has 0 aromatic carbocycles. The van der Waals surface area contributed by atoms with Gasteiger partial charge in [-0.15, -0.1) is 0 Å². The lowest BCUT2D eigenvalue weighted by molar-refractivity contribution is 0.0592. The van der Waals surface area contributed by atoms with Gasteiger partial charge < -0.3 is 4.74 Å². The minimum absolute atomic E-state index is 0.378. The molecule has 0 N–H and O–H groups in total. The van der Waals surface area contributed by atoms with E-state index >= 15 is 0 Å². The lowest BCUT2D eigenvalue weighted by Gasteiger charge is -2.08. The van der Waals surface area contributed by atoms with Crippen molar-refractivity contribution in [3.8, 4) is 5.95 Å². The highest BCUT2D eigenvalue weighted by atomic mass is 16.5. The van der Waals surface area contributed by atoms with Crippen LogP contribution in [0.4, 0.5) is 0 Å². The van der Waals surface area contributed by atoms with Crippen molar-refractivity contribution >= 4 is 5.97 Å². The van der Waals surface area contributed by atoms with Crippen LogP contribution in [-0.4, -0.2) is 32.6 Å². The maximum Gasteiger partial charge on any atom is 0.357 e. The predicted octanol–water partition coefficient (Wildman–Crippen LogP) is 0.938. The fourth-order valence-corrected chi connectivity index (χ4v) is 2.18. The number of nitrogens with zero attached hydrogens (tertiary/aromatic N) is 4. The summed E-state index contributed by atoms with van der Waals surface area (Å²) < 4.78 is 6.47. The molecule has 6 nitrogen and oxygen atoms in total. The Morgan fingerprint density at radius 3 is 3.00 bits per heavy atom. The summed E-state index contributed by atoms with van der Waals surface area (Å²) in [5, 5.41) is 0. The average Bonchev–Trinajstić information content (AvgIpc) is 3.06. The second kappa shape index (κ2) is 4.21. The molecule has 0 aliphatic heterocycles. The molecular weight excluding hydrogens is 232 g/mol. The first-order chi connectivity index (χ1) is 8.79. The summed E-state index contributed by atoms with van der Waals surface area (Å²) >= 11 is 0. The quantitative estimate of drug-likeness (QED) is 0.735. The third kappa shape index (κ3) is 1.66. The smallest absolute Gasteiger partial charge is 0.357 e. The van der Waals surface area contributed by atoms with Crippen LogP contribution in [0.3, 0.4) is 0 Å². The summed E-state index contributed by atoms with van der Waals surface area (Å²) in [5.74, 6) is 0.0606. The summed E-state index contributed by atoms with van der Waals surface area (Å²) in [6, 6.07) is 0. The summed E-state index contributed by atoms with van der Waals surface area (Å²) in [5.41, 5.74) is 2.24. The second-order valence-corrected chi connectivity index (χ2v) is 4.11. The number of hydrogen-bond acceptors (Lipinski definition) is 5. The number of rotatable bonds is 2. The van der Waals surface area contributed by atoms with E-state index in [2.05, 4.69) is 15.0 Å². The molecule has 0 saturated carbocycles. The molecule has 1 aliphatic carbocycles. The van der Waals surface area contributed by atoms with E-state index in [4.69, 9.17) is 4.74 Å². The maximum atomic E-state index is 11.8. The van der Waals surface area contributed by atoms with Crippen molar-refractivity contribution in [2.75, 3.05) is 7.11 Å². The van der Waals surface area contributed by atoms with E-state index in [9.17, 15) is 4.79 Å². The van der Waals surface area contributed by atoms with E-state index in [1.807, 2.05) is 0 Å². The monoisotopic (exact) mass is 244 g/mol. The zero-order valence-electron chi connectivity index (χ0n) is 9.96. The van der Waals surface area contributed by atoms with E-state index in [0.29, 0.717) is 11.6 Å². The number of esters is 1. The molecule has 0 saturated heterocycles. The fourth-order valence-electron chi connectivity index (χ4n) is 2.18. The first-order valence-electron chi connectivity index (χ1n) is 5.76. The molecule has 2 aromatic heterocycles. The number of fused-ring (bicyclic) bond motifs is 1. The molecule has 0 bridgehead atoms. The number of ether oxygens (including phenoxy) is 1. The van der Waals surface area contributed by atoms with Gasteiger partial charge in [0.1, 0.15) is 6.33 Å². The second-order valence-electron chi connectivity index (χ2n) is 4.11. The van der Waals surface area contributed by atoms with Gasteiger partial charge in [0.05, 0.1) is 12.8 Å². The molecule has 0 amide bonds. The molecule has 0 unspecified atom stereocenters. The zero-order chi connectivity index (χ0) is 12.5. The van der Waals surface area contributed by atoms with Crippen LogP contribution < -0.4 is 0 Å². The Kier molecular flexibility index (Phi) is 2.55. The number of aryl methyl sites for hydroxylation is 1. The van der Waals surface area contributed by atoms with Crippen molar-refractivity contribution in [2.24, 2.45) is 0 Å². The Morgan fingerprint density at radius 2 is 2.28 bits per heavy atom. The van der Waals surface area contributed by atoms with Gasteiger partial charge in [0.2, 0.25) is 5.95 Å². The van der Waals surface area contributed by atoms with Gasteiger partial charge in [-0.25, -0.2) is 19.7 Å². The maximum absolute atomic E-state index is 11.8.